The molecule has 8 heteroatoms. The molecule has 0 spiro atoms. The average molecular weight is 476 g/mol. The molecule has 0 saturated carbocycles. The smallest absolute Gasteiger partial charge is 0.328 e. The first kappa shape index (κ1) is 26.6. The fraction of sp³-hybridized carbons (Fsp3) is 0.440. The number of aromatic hydroxyl groups is 1. The van der Waals surface area contributed by atoms with Gasteiger partial charge in [0.05, 0.1) is 21.1 Å². The minimum atomic E-state index is -1.39. The van der Waals surface area contributed by atoms with E-state index in [1.165, 1.54) is 20.1 Å². The maximum atomic E-state index is 12.9. The second-order valence-corrected chi connectivity index (χ2v) is 10.4. The molecule has 7 nitrogen and oxygen atoms in total. The van der Waals surface area contributed by atoms with Crippen LogP contribution in [0.5, 0.6) is 5.75 Å². The number of benzene rings is 2. The van der Waals surface area contributed by atoms with Crippen LogP contribution in [-0.4, -0.2) is 35.2 Å². The van der Waals surface area contributed by atoms with Gasteiger partial charge in [0.15, 0.2) is 0 Å². The highest BCUT2D eigenvalue weighted by molar-refractivity contribution is 7.25. The number of amides is 1. The molecule has 0 radical (unpaired) electrons. The predicted molar refractivity (Wildman–Crippen MR) is 130 cm³/mol. The monoisotopic (exact) mass is 475 g/mol. The van der Waals surface area contributed by atoms with Crippen LogP contribution < -0.4 is 5.32 Å². The van der Waals surface area contributed by atoms with Crippen LogP contribution in [0.25, 0.3) is 0 Å². The molecule has 0 fully saturated rings. The van der Waals surface area contributed by atoms with Crippen LogP contribution in [0.1, 0.15) is 65.4 Å². The standard InChI is InChI=1S/C25H34NO6P/c1-14(2)9-21(24(29)32-6)26-23(28)20-13-17(7-8-22(20)27)12-19-15(3)10-18(11-16(19)4)25(5,30)33-31/h7-8,10-11,13-14,21,27,30H,9,12,33H2,1-6H3,(H,26,28). The molecule has 2 aromatic rings. The van der Waals surface area contributed by atoms with Crippen molar-refractivity contribution in [2.24, 2.45) is 5.92 Å². The number of hydrogen-bond donors (Lipinski definition) is 3. The summed E-state index contributed by atoms with van der Waals surface area (Å²) in [6.07, 6.45) is 0.912. The lowest BCUT2D eigenvalue weighted by atomic mass is 9.92. The summed E-state index contributed by atoms with van der Waals surface area (Å²) < 4.78 is 16.2. The third-order valence-electron chi connectivity index (χ3n) is 5.69. The number of esters is 1. The Bertz CT molecular complexity index is 1020. The Hall–Kier alpha value is -2.63. The molecule has 0 aliphatic rings. The fourth-order valence-electron chi connectivity index (χ4n) is 3.78. The van der Waals surface area contributed by atoms with Gasteiger partial charge in [0, 0.05) is 0 Å². The summed E-state index contributed by atoms with van der Waals surface area (Å²) in [6.45, 7) is 9.25. The molecule has 0 aliphatic carbocycles. The summed E-state index contributed by atoms with van der Waals surface area (Å²) in [7, 11) is -0.123. The first-order valence-electron chi connectivity index (χ1n) is 10.9. The quantitative estimate of drug-likeness (QED) is 0.375. The van der Waals surface area contributed by atoms with Gasteiger partial charge in [-0.2, -0.15) is 0 Å². The van der Waals surface area contributed by atoms with E-state index in [1.54, 1.807) is 12.1 Å². The lowest BCUT2D eigenvalue weighted by Crippen LogP contribution is -2.42. The summed E-state index contributed by atoms with van der Waals surface area (Å²) in [5.41, 5.74) is 4.36. The number of methoxy groups -OCH3 is 1. The van der Waals surface area contributed by atoms with Crippen LogP contribution in [0, 0.1) is 19.8 Å². The van der Waals surface area contributed by atoms with Gasteiger partial charge in [-0.3, -0.25) is 4.79 Å². The molecule has 0 aliphatic heterocycles. The zero-order chi connectivity index (χ0) is 24.9. The molecule has 33 heavy (non-hydrogen) atoms. The van der Waals surface area contributed by atoms with Crippen LogP contribution >= 0.6 is 8.46 Å². The Morgan fingerprint density at radius 3 is 2.27 bits per heavy atom. The number of phenolic OH excluding ortho intramolecular Hbond substituents is 1. The van der Waals surface area contributed by atoms with Crippen molar-refractivity contribution >= 4 is 20.3 Å². The van der Waals surface area contributed by atoms with E-state index in [0.29, 0.717) is 18.4 Å². The van der Waals surface area contributed by atoms with Gasteiger partial charge in [-0.15, -0.1) is 0 Å². The Morgan fingerprint density at radius 1 is 1.15 bits per heavy atom. The highest BCUT2D eigenvalue weighted by Crippen LogP contribution is 2.34. The second-order valence-electron chi connectivity index (χ2n) is 9.06. The topological polar surface area (TPSA) is 113 Å². The number of carbonyl (C=O) groups is 2. The van der Waals surface area contributed by atoms with Crippen LogP contribution in [0.2, 0.25) is 0 Å². The van der Waals surface area contributed by atoms with Gasteiger partial charge in [-0.1, -0.05) is 32.0 Å². The lowest BCUT2D eigenvalue weighted by molar-refractivity contribution is -0.143. The van der Waals surface area contributed by atoms with Crippen LogP contribution in [-0.2, 0) is 25.9 Å². The number of aryl methyl sites for hydroxylation is 2. The molecule has 180 valence electrons. The van der Waals surface area contributed by atoms with Gasteiger partial charge in [-0.05, 0) is 79.5 Å². The maximum Gasteiger partial charge on any atom is 0.328 e. The number of aliphatic hydroxyl groups is 1. The van der Waals surface area contributed by atoms with Gasteiger partial charge < -0.3 is 24.8 Å². The Balaban J connectivity index is 2.33. The van der Waals surface area contributed by atoms with E-state index in [4.69, 9.17) is 4.74 Å². The van der Waals surface area contributed by atoms with E-state index in [2.05, 4.69) is 5.32 Å². The third-order valence-corrected chi connectivity index (χ3v) is 6.49. The number of hydrogen-bond acceptors (Lipinski definition) is 6. The van der Waals surface area contributed by atoms with Crippen molar-refractivity contribution in [3.8, 4) is 5.75 Å². The molecule has 3 atom stereocenters. The molecule has 2 rings (SSSR count). The van der Waals surface area contributed by atoms with E-state index >= 15 is 0 Å². The van der Waals surface area contributed by atoms with E-state index < -0.39 is 31.7 Å². The van der Waals surface area contributed by atoms with Gasteiger partial charge in [0.25, 0.3) is 5.91 Å². The summed E-state index contributed by atoms with van der Waals surface area (Å²) in [5.74, 6) is -1.10. The molecule has 0 bridgehead atoms. The zero-order valence-corrected chi connectivity index (χ0v) is 21.2. The van der Waals surface area contributed by atoms with Crippen LogP contribution in [0.15, 0.2) is 30.3 Å². The number of rotatable bonds is 9. The van der Waals surface area contributed by atoms with Crippen molar-refractivity contribution in [3.63, 3.8) is 0 Å². The molecule has 1 amide bonds. The fourth-order valence-corrected chi connectivity index (χ4v) is 4.08. The maximum absolute atomic E-state index is 12.9. The Labute approximate surface area is 196 Å². The second kappa shape index (κ2) is 11.0. The molecule has 3 N–H and O–H groups in total. The largest absolute Gasteiger partial charge is 0.507 e. The van der Waals surface area contributed by atoms with Crippen molar-refractivity contribution in [3.05, 3.63) is 63.7 Å². The Morgan fingerprint density at radius 2 is 1.76 bits per heavy atom. The van der Waals surface area contributed by atoms with Crippen molar-refractivity contribution < 1.29 is 29.1 Å². The summed E-state index contributed by atoms with van der Waals surface area (Å²) in [4.78, 5) is 24.9. The normalized spacial score (nSPS) is 14.3. The lowest BCUT2D eigenvalue weighted by Gasteiger charge is -2.21. The van der Waals surface area contributed by atoms with Crippen molar-refractivity contribution in [1.82, 2.24) is 5.32 Å². The average Bonchev–Trinajstić information content (AvgIpc) is 2.75. The van der Waals surface area contributed by atoms with E-state index in [-0.39, 0.29) is 17.2 Å². The molecular formula is C25H34NO6P. The van der Waals surface area contributed by atoms with Gasteiger partial charge in [0.1, 0.15) is 17.1 Å². The number of phenols is 1. The molecular weight excluding hydrogens is 441 g/mol. The van der Waals surface area contributed by atoms with Crippen LogP contribution in [0.4, 0.5) is 0 Å². The molecule has 3 unspecified atom stereocenters. The number of ether oxygens (including phenoxy) is 1. The van der Waals surface area contributed by atoms with Crippen LogP contribution in [0.3, 0.4) is 0 Å². The molecule has 0 saturated heterocycles. The predicted octanol–water partition coefficient (Wildman–Crippen LogP) is 3.84. The molecule has 0 heterocycles. The van der Waals surface area contributed by atoms with Crippen molar-refractivity contribution in [2.75, 3.05) is 7.11 Å². The van der Waals surface area contributed by atoms with E-state index in [0.717, 1.165) is 22.3 Å². The highest BCUT2D eigenvalue weighted by atomic mass is 31.1. The third kappa shape index (κ3) is 6.68. The first-order valence-corrected chi connectivity index (χ1v) is 11.9. The molecule has 0 aromatic heterocycles. The summed E-state index contributed by atoms with van der Waals surface area (Å²) in [6, 6.07) is 7.66. The summed E-state index contributed by atoms with van der Waals surface area (Å²) >= 11 is 0. The highest BCUT2D eigenvalue weighted by Gasteiger charge is 2.25. The van der Waals surface area contributed by atoms with Crippen molar-refractivity contribution in [1.29, 1.82) is 0 Å². The summed E-state index contributed by atoms with van der Waals surface area (Å²) in [5, 5.41) is 22.0. The number of carbonyl (C=O) groups excluding carboxylic acids is 2. The first-order chi connectivity index (χ1) is 15.4. The number of nitrogens with one attached hydrogen (secondary N) is 1. The van der Waals surface area contributed by atoms with Gasteiger partial charge >= 0.3 is 5.97 Å². The molecule has 2 aromatic carbocycles. The minimum Gasteiger partial charge on any atom is -0.507 e. The SMILES string of the molecule is COC(=O)C(CC(C)C)NC(=O)c1cc(Cc2c(C)cc(C(C)(O)[PH2]=O)cc2C)ccc1O. The van der Waals surface area contributed by atoms with Gasteiger partial charge in [-0.25, -0.2) is 4.79 Å². The van der Waals surface area contributed by atoms with E-state index in [9.17, 15) is 24.4 Å². The Kier molecular flexibility index (Phi) is 8.87. The zero-order valence-electron chi connectivity index (χ0n) is 20.1. The van der Waals surface area contributed by atoms with Gasteiger partial charge in [0.2, 0.25) is 0 Å². The van der Waals surface area contributed by atoms with E-state index in [1.807, 2.05) is 39.8 Å². The minimum absolute atomic E-state index is 0.0787. The van der Waals surface area contributed by atoms with Crippen molar-refractivity contribution in [2.45, 2.75) is 58.8 Å².